The lowest BCUT2D eigenvalue weighted by molar-refractivity contribution is -0.149. The van der Waals surface area contributed by atoms with Gasteiger partial charge in [0.05, 0.1) is 105 Å². The maximum atomic E-state index is 11.5. The molecule has 0 aromatic heterocycles. The van der Waals surface area contributed by atoms with E-state index in [9.17, 15) is 4.79 Å². The summed E-state index contributed by atoms with van der Waals surface area (Å²) in [5.41, 5.74) is 0. The highest BCUT2D eigenvalue weighted by Gasteiger charge is 2.10. The van der Waals surface area contributed by atoms with Crippen molar-refractivity contribution in [3.63, 3.8) is 0 Å². The average molecular weight is 469 g/mol. The summed E-state index contributed by atoms with van der Waals surface area (Å²) in [7, 11) is 1.64. The summed E-state index contributed by atoms with van der Waals surface area (Å²) < 4.78 is 47.6. The van der Waals surface area contributed by atoms with Crippen LogP contribution in [0, 0.1) is 5.92 Å². The van der Waals surface area contributed by atoms with Gasteiger partial charge in [-0.2, -0.15) is 0 Å². The smallest absolute Gasteiger partial charge is 0.308 e. The molecule has 0 radical (unpaired) electrons. The quantitative estimate of drug-likeness (QED) is 0.137. The van der Waals surface area contributed by atoms with Gasteiger partial charge in [0, 0.05) is 7.11 Å². The maximum Gasteiger partial charge on any atom is 0.308 e. The second kappa shape index (κ2) is 26.4. The van der Waals surface area contributed by atoms with E-state index >= 15 is 0 Å². The van der Waals surface area contributed by atoms with Gasteiger partial charge < -0.3 is 42.6 Å². The molecule has 0 aliphatic carbocycles. The van der Waals surface area contributed by atoms with Crippen LogP contribution >= 0.6 is 0 Å². The molecule has 10 nitrogen and oxygen atoms in total. The summed E-state index contributed by atoms with van der Waals surface area (Å²) in [4.78, 5) is 11.5. The molecule has 192 valence electrons. The molecule has 0 saturated heterocycles. The molecule has 0 aromatic carbocycles. The average Bonchev–Trinajstić information content (AvgIpc) is 2.81. The number of carbonyl (C=O) groups is 1. The van der Waals surface area contributed by atoms with Crippen LogP contribution in [-0.2, 0) is 47.4 Å². The molecule has 0 amide bonds. The Balaban J connectivity index is 3.07. The van der Waals surface area contributed by atoms with Gasteiger partial charge in [0.15, 0.2) is 0 Å². The van der Waals surface area contributed by atoms with Crippen molar-refractivity contribution in [2.24, 2.45) is 5.92 Å². The highest BCUT2D eigenvalue weighted by atomic mass is 16.6. The first-order valence-corrected chi connectivity index (χ1v) is 11.4. The van der Waals surface area contributed by atoms with E-state index in [-0.39, 0.29) is 18.5 Å². The third kappa shape index (κ3) is 23.8. The van der Waals surface area contributed by atoms with Gasteiger partial charge in [-0.25, -0.2) is 0 Å². The number of hydrogen-bond acceptors (Lipinski definition) is 10. The topological polar surface area (TPSA) is 100 Å². The molecule has 32 heavy (non-hydrogen) atoms. The fraction of sp³-hybridized carbons (Fsp3) is 0.955. The van der Waals surface area contributed by atoms with Crippen LogP contribution in [0.25, 0.3) is 0 Å². The summed E-state index contributed by atoms with van der Waals surface area (Å²) in [6.07, 6.45) is 0.777. The normalized spacial score (nSPS) is 12.2. The van der Waals surface area contributed by atoms with E-state index in [0.29, 0.717) is 99.1 Å². The van der Waals surface area contributed by atoms with Crippen LogP contribution in [0.15, 0.2) is 0 Å². The van der Waals surface area contributed by atoms with Crippen molar-refractivity contribution in [3.05, 3.63) is 0 Å². The zero-order valence-electron chi connectivity index (χ0n) is 20.2. The molecule has 0 aliphatic heterocycles. The number of ether oxygens (including phenoxy) is 9. The minimum Gasteiger partial charge on any atom is -0.463 e. The molecule has 0 heterocycles. The number of hydrogen-bond donors (Lipinski definition) is 0. The van der Waals surface area contributed by atoms with Crippen LogP contribution < -0.4 is 0 Å². The third-order valence-corrected chi connectivity index (χ3v) is 4.15. The van der Waals surface area contributed by atoms with Crippen LogP contribution in [0.5, 0.6) is 0 Å². The van der Waals surface area contributed by atoms with Crippen molar-refractivity contribution in [1.29, 1.82) is 0 Å². The molecule has 0 aromatic rings. The zero-order valence-corrected chi connectivity index (χ0v) is 20.2. The molecule has 1 atom stereocenters. The molecule has 0 fully saturated rings. The lowest BCUT2D eigenvalue weighted by Crippen LogP contribution is -2.18. The molecule has 0 saturated carbocycles. The molecule has 10 heteroatoms. The Morgan fingerprint density at radius 2 is 0.812 bits per heavy atom. The summed E-state index contributed by atoms with van der Waals surface area (Å²) in [5, 5.41) is 0. The Hall–Kier alpha value is -0.850. The lowest BCUT2D eigenvalue weighted by Gasteiger charge is -2.10. The van der Waals surface area contributed by atoms with Gasteiger partial charge in [-0.1, -0.05) is 13.8 Å². The molecule has 0 N–H and O–H groups in total. The highest BCUT2D eigenvalue weighted by Crippen LogP contribution is 2.02. The fourth-order valence-electron chi connectivity index (χ4n) is 2.07. The van der Waals surface area contributed by atoms with Gasteiger partial charge in [0.25, 0.3) is 0 Å². The summed E-state index contributed by atoms with van der Waals surface area (Å²) in [6, 6.07) is 0. The predicted molar refractivity (Wildman–Crippen MR) is 118 cm³/mol. The van der Waals surface area contributed by atoms with Gasteiger partial charge in [-0.3, -0.25) is 4.79 Å². The van der Waals surface area contributed by atoms with Gasteiger partial charge in [-0.15, -0.1) is 0 Å². The Morgan fingerprint density at radius 1 is 0.531 bits per heavy atom. The van der Waals surface area contributed by atoms with Crippen LogP contribution in [-0.4, -0.2) is 119 Å². The van der Waals surface area contributed by atoms with Crippen LogP contribution in [0.4, 0.5) is 0 Å². The van der Waals surface area contributed by atoms with E-state index in [1.807, 2.05) is 13.8 Å². The molecular weight excluding hydrogens is 424 g/mol. The van der Waals surface area contributed by atoms with Crippen LogP contribution in [0.2, 0.25) is 0 Å². The first-order valence-electron chi connectivity index (χ1n) is 11.4. The van der Waals surface area contributed by atoms with E-state index < -0.39 is 0 Å². The molecule has 1 unspecified atom stereocenters. The van der Waals surface area contributed by atoms with Crippen molar-refractivity contribution in [3.8, 4) is 0 Å². The van der Waals surface area contributed by atoms with E-state index in [1.54, 1.807) is 7.11 Å². The van der Waals surface area contributed by atoms with Crippen molar-refractivity contribution in [1.82, 2.24) is 0 Å². The van der Waals surface area contributed by atoms with E-state index in [4.69, 9.17) is 42.6 Å². The first-order chi connectivity index (χ1) is 15.7. The van der Waals surface area contributed by atoms with Gasteiger partial charge >= 0.3 is 5.97 Å². The lowest BCUT2D eigenvalue weighted by atomic mass is 10.1. The Kier molecular flexibility index (Phi) is 25.7. The summed E-state index contributed by atoms with van der Waals surface area (Å²) in [5.74, 6) is -0.243. The maximum absolute atomic E-state index is 11.5. The largest absolute Gasteiger partial charge is 0.463 e. The van der Waals surface area contributed by atoms with Gasteiger partial charge in [0.1, 0.15) is 6.61 Å². The second-order valence-corrected chi connectivity index (χ2v) is 6.76. The van der Waals surface area contributed by atoms with Crippen LogP contribution in [0.1, 0.15) is 20.3 Å². The van der Waals surface area contributed by atoms with Crippen molar-refractivity contribution in [2.45, 2.75) is 20.3 Å². The number of methoxy groups -OCH3 is 1. The molecule has 0 spiro atoms. The predicted octanol–water partition coefficient (Wildman–Crippen LogP) is 1.34. The highest BCUT2D eigenvalue weighted by molar-refractivity contribution is 5.71. The third-order valence-electron chi connectivity index (χ3n) is 4.15. The number of esters is 1. The van der Waals surface area contributed by atoms with Crippen LogP contribution in [0.3, 0.4) is 0 Å². The van der Waals surface area contributed by atoms with E-state index in [1.165, 1.54) is 0 Å². The van der Waals surface area contributed by atoms with E-state index in [2.05, 4.69) is 0 Å². The van der Waals surface area contributed by atoms with Crippen molar-refractivity contribution < 1.29 is 47.4 Å². The SMILES string of the molecule is CCC(C)C(=O)OCCOCCOCCOCCOCCOCCOCCOCCOC. The Morgan fingerprint density at radius 3 is 1.09 bits per heavy atom. The summed E-state index contributed by atoms with van der Waals surface area (Å²) in [6.45, 7) is 11.8. The van der Waals surface area contributed by atoms with Crippen molar-refractivity contribution >= 4 is 5.97 Å². The van der Waals surface area contributed by atoms with Crippen molar-refractivity contribution in [2.75, 3.05) is 113 Å². The first kappa shape index (κ1) is 31.1. The zero-order chi connectivity index (χ0) is 23.5. The van der Waals surface area contributed by atoms with E-state index in [0.717, 1.165) is 6.42 Å². The molecular formula is C22H44O10. The minimum atomic E-state index is -0.179. The summed E-state index contributed by atoms with van der Waals surface area (Å²) >= 11 is 0. The number of rotatable bonds is 26. The molecule has 0 bridgehead atoms. The monoisotopic (exact) mass is 468 g/mol. The Bertz CT molecular complexity index is 384. The standard InChI is InChI=1S/C22H44O10/c1-4-21(2)22(23)32-20-19-31-18-17-30-16-15-29-14-13-28-12-11-27-10-9-26-8-7-25-6-5-24-3/h21H,4-20H2,1-3H3. The number of carbonyl (C=O) groups excluding carboxylic acids is 1. The molecule has 0 aliphatic rings. The minimum absolute atomic E-state index is 0.0648. The Labute approximate surface area is 193 Å². The van der Waals surface area contributed by atoms with Gasteiger partial charge in [-0.05, 0) is 6.42 Å². The van der Waals surface area contributed by atoms with Gasteiger partial charge in [0.2, 0.25) is 0 Å². The fourth-order valence-corrected chi connectivity index (χ4v) is 2.07. The molecule has 0 rings (SSSR count). The second-order valence-electron chi connectivity index (χ2n) is 6.76.